The topological polar surface area (TPSA) is 41.3 Å². The van der Waals surface area contributed by atoms with Crippen LogP contribution >= 0.6 is 0 Å². The van der Waals surface area contributed by atoms with Gasteiger partial charge in [-0.3, -0.25) is 9.88 Å². The minimum atomic E-state index is 0.463. The van der Waals surface area contributed by atoms with Crippen molar-refractivity contribution in [3.63, 3.8) is 0 Å². The number of hydrogen-bond donors (Lipinski definition) is 1. The van der Waals surface area contributed by atoms with Gasteiger partial charge in [-0.25, -0.2) is 0 Å². The molecule has 0 bridgehead atoms. The number of nitrogens with one attached hydrogen (secondary N) is 1. The molecule has 21 heavy (non-hydrogen) atoms. The van der Waals surface area contributed by atoms with Gasteiger partial charge in [0.1, 0.15) is 11.5 Å². The van der Waals surface area contributed by atoms with Crippen LogP contribution in [0.4, 0.5) is 0 Å². The average molecular weight is 287 g/mol. The summed E-state index contributed by atoms with van der Waals surface area (Å²) in [6, 6.07) is 8.59. The van der Waals surface area contributed by atoms with E-state index >= 15 is 0 Å². The van der Waals surface area contributed by atoms with Gasteiger partial charge in [0.2, 0.25) is 0 Å². The van der Waals surface area contributed by atoms with E-state index in [0.29, 0.717) is 6.04 Å². The van der Waals surface area contributed by atoms with Gasteiger partial charge in [-0.2, -0.15) is 0 Å². The predicted molar refractivity (Wildman–Crippen MR) is 84.8 cm³/mol. The molecule has 0 saturated heterocycles. The van der Waals surface area contributed by atoms with Crippen molar-refractivity contribution in [1.82, 2.24) is 15.2 Å². The third-order valence-electron chi connectivity index (χ3n) is 3.33. The summed E-state index contributed by atoms with van der Waals surface area (Å²) in [5, 5.41) is 3.39. The molecule has 1 N–H and O–H groups in total. The number of rotatable bonds is 7. The third kappa shape index (κ3) is 4.99. The van der Waals surface area contributed by atoms with Crippen molar-refractivity contribution in [2.24, 2.45) is 0 Å². The fourth-order valence-corrected chi connectivity index (χ4v) is 2.23. The SMILES string of the molecule is Cc1cc(CN(C)Cc2ccccn2)oc1CNC(C)C. The monoisotopic (exact) mass is 287 g/mol. The Morgan fingerprint density at radius 3 is 2.76 bits per heavy atom. The maximum atomic E-state index is 5.95. The number of nitrogens with zero attached hydrogens (tertiary/aromatic N) is 2. The first-order chi connectivity index (χ1) is 10.0. The molecule has 4 heteroatoms. The summed E-state index contributed by atoms with van der Waals surface area (Å²) in [7, 11) is 2.08. The summed E-state index contributed by atoms with van der Waals surface area (Å²) in [6.07, 6.45) is 1.83. The van der Waals surface area contributed by atoms with E-state index in [1.54, 1.807) is 0 Å². The van der Waals surface area contributed by atoms with Gasteiger partial charge in [0.25, 0.3) is 0 Å². The Labute approximate surface area is 127 Å². The van der Waals surface area contributed by atoms with E-state index in [1.165, 1.54) is 5.56 Å². The summed E-state index contributed by atoms with van der Waals surface area (Å²) in [5.41, 5.74) is 2.29. The quantitative estimate of drug-likeness (QED) is 0.849. The molecular weight excluding hydrogens is 262 g/mol. The molecule has 0 aliphatic rings. The van der Waals surface area contributed by atoms with E-state index in [0.717, 1.165) is 36.8 Å². The minimum Gasteiger partial charge on any atom is -0.463 e. The maximum absolute atomic E-state index is 5.95. The van der Waals surface area contributed by atoms with Gasteiger partial charge in [-0.1, -0.05) is 19.9 Å². The second kappa shape index (κ2) is 7.38. The number of hydrogen-bond acceptors (Lipinski definition) is 4. The number of aromatic nitrogens is 1. The third-order valence-corrected chi connectivity index (χ3v) is 3.33. The molecule has 0 radical (unpaired) electrons. The van der Waals surface area contributed by atoms with Crippen LogP contribution < -0.4 is 5.32 Å². The van der Waals surface area contributed by atoms with Crippen molar-refractivity contribution < 1.29 is 4.42 Å². The summed E-state index contributed by atoms with van der Waals surface area (Å²) in [4.78, 5) is 6.56. The van der Waals surface area contributed by atoms with Gasteiger partial charge in [-0.05, 0) is 37.7 Å². The highest BCUT2D eigenvalue weighted by molar-refractivity contribution is 5.20. The minimum absolute atomic E-state index is 0.463. The Morgan fingerprint density at radius 2 is 2.10 bits per heavy atom. The zero-order chi connectivity index (χ0) is 15.2. The van der Waals surface area contributed by atoms with E-state index in [4.69, 9.17) is 4.42 Å². The van der Waals surface area contributed by atoms with Crippen molar-refractivity contribution >= 4 is 0 Å². The standard InChI is InChI=1S/C17H25N3O/c1-13(2)19-10-17-14(3)9-16(21-17)12-20(4)11-15-7-5-6-8-18-15/h5-9,13,19H,10-12H2,1-4H3. The van der Waals surface area contributed by atoms with E-state index < -0.39 is 0 Å². The van der Waals surface area contributed by atoms with Crippen molar-refractivity contribution in [3.05, 3.63) is 53.2 Å². The molecule has 0 aliphatic carbocycles. The molecule has 2 heterocycles. The first kappa shape index (κ1) is 15.7. The lowest BCUT2D eigenvalue weighted by Crippen LogP contribution is -2.21. The van der Waals surface area contributed by atoms with Gasteiger partial charge < -0.3 is 9.73 Å². The predicted octanol–water partition coefficient (Wildman–Crippen LogP) is 3.11. The molecule has 0 unspecified atom stereocenters. The normalized spacial score (nSPS) is 11.5. The molecule has 0 aliphatic heterocycles. The second-order valence-corrected chi connectivity index (χ2v) is 5.85. The van der Waals surface area contributed by atoms with Gasteiger partial charge in [-0.15, -0.1) is 0 Å². The zero-order valence-corrected chi connectivity index (χ0v) is 13.4. The maximum Gasteiger partial charge on any atom is 0.120 e. The van der Waals surface area contributed by atoms with Crippen LogP contribution in [-0.4, -0.2) is 23.0 Å². The van der Waals surface area contributed by atoms with E-state index in [1.807, 2.05) is 24.4 Å². The lowest BCUT2D eigenvalue weighted by Gasteiger charge is -2.14. The number of pyridine rings is 1. The molecule has 0 atom stereocenters. The molecule has 2 aromatic rings. The highest BCUT2D eigenvalue weighted by Crippen LogP contribution is 2.16. The molecule has 114 valence electrons. The zero-order valence-electron chi connectivity index (χ0n) is 13.4. The van der Waals surface area contributed by atoms with Crippen molar-refractivity contribution in [2.75, 3.05) is 7.05 Å². The lowest BCUT2D eigenvalue weighted by atomic mass is 10.2. The first-order valence-corrected chi connectivity index (χ1v) is 7.44. The first-order valence-electron chi connectivity index (χ1n) is 7.44. The fourth-order valence-electron chi connectivity index (χ4n) is 2.23. The molecule has 0 aromatic carbocycles. The van der Waals surface area contributed by atoms with Crippen LogP contribution in [-0.2, 0) is 19.6 Å². The van der Waals surface area contributed by atoms with Crippen LogP contribution in [0.1, 0.15) is 36.6 Å². The van der Waals surface area contributed by atoms with Crippen molar-refractivity contribution in [2.45, 2.75) is 46.4 Å². The second-order valence-electron chi connectivity index (χ2n) is 5.85. The highest BCUT2D eigenvalue weighted by Gasteiger charge is 2.10. The summed E-state index contributed by atoms with van der Waals surface area (Å²) in [5.74, 6) is 2.04. The average Bonchev–Trinajstić information content (AvgIpc) is 2.77. The molecule has 2 aromatic heterocycles. The fraction of sp³-hybridized carbons (Fsp3) is 0.471. The largest absolute Gasteiger partial charge is 0.463 e. The summed E-state index contributed by atoms with van der Waals surface area (Å²) in [6.45, 7) is 8.77. The Kier molecular flexibility index (Phi) is 5.53. The molecule has 0 saturated carbocycles. The Hall–Kier alpha value is -1.65. The van der Waals surface area contributed by atoms with Crippen LogP contribution in [0.25, 0.3) is 0 Å². The van der Waals surface area contributed by atoms with E-state index in [-0.39, 0.29) is 0 Å². The Morgan fingerprint density at radius 1 is 1.29 bits per heavy atom. The lowest BCUT2D eigenvalue weighted by molar-refractivity contribution is 0.279. The number of furan rings is 1. The highest BCUT2D eigenvalue weighted by atomic mass is 16.3. The van der Waals surface area contributed by atoms with Crippen molar-refractivity contribution in [1.29, 1.82) is 0 Å². The molecular formula is C17H25N3O. The van der Waals surface area contributed by atoms with Crippen LogP contribution in [0.5, 0.6) is 0 Å². The number of aryl methyl sites for hydroxylation is 1. The molecule has 0 spiro atoms. The molecule has 2 rings (SSSR count). The molecule has 0 amide bonds. The summed E-state index contributed by atoms with van der Waals surface area (Å²) < 4.78 is 5.95. The summed E-state index contributed by atoms with van der Waals surface area (Å²) >= 11 is 0. The Balaban J connectivity index is 1.92. The van der Waals surface area contributed by atoms with E-state index in [9.17, 15) is 0 Å². The van der Waals surface area contributed by atoms with Crippen molar-refractivity contribution in [3.8, 4) is 0 Å². The van der Waals surface area contributed by atoms with Crippen LogP contribution in [0.15, 0.2) is 34.9 Å². The molecule has 4 nitrogen and oxygen atoms in total. The van der Waals surface area contributed by atoms with Crippen LogP contribution in [0, 0.1) is 6.92 Å². The van der Waals surface area contributed by atoms with Gasteiger partial charge in [0, 0.05) is 18.8 Å². The van der Waals surface area contributed by atoms with Crippen LogP contribution in [0.2, 0.25) is 0 Å². The van der Waals surface area contributed by atoms with Gasteiger partial charge in [0.05, 0.1) is 18.8 Å². The smallest absolute Gasteiger partial charge is 0.120 e. The van der Waals surface area contributed by atoms with Gasteiger partial charge in [0.15, 0.2) is 0 Å². The Bertz CT molecular complexity index is 548. The van der Waals surface area contributed by atoms with Crippen LogP contribution in [0.3, 0.4) is 0 Å². The van der Waals surface area contributed by atoms with E-state index in [2.05, 4.69) is 49.1 Å². The van der Waals surface area contributed by atoms with Gasteiger partial charge >= 0.3 is 0 Å². The molecule has 0 fully saturated rings.